The fourth-order valence-corrected chi connectivity index (χ4v) is 13.9. The van der Waals surface area contributed by atoms with Gasteiger partial charge in [0.1, 0.15) is 0 Å². The van der Waals surface area contributed by atoms with Crippen molar-refractivity contribution >= 4 is 30.9 Å². The molecule has 1 nitrogen and oxygen atoms in total. The molecule has 19 heavy (non-hydrogen) atoms. The van der Waals surface area contributed by atoms with Crippen molar-refractivity contribution in [2.45, 2.75) is 95.2 Å². The van der Waals surface area contributed by atoms with Crippen LogP contribution < -0.4 is 0 Å². The van der Waals surface area contributed by atoms with Gasteiger partial charge in [0.15, 0.2) is 0 Å². The molecular formula is C16H31IOSi. The quantitative estimate of drug-likeness (QED) is 0.316. The highest BCUT2D eigenvalue weighted by Crippen LogP contribution is 2.49. The second-order valence-electron chi connectivity index (χ2n) is 6.93. The summed E-state index contributed by atoms with van der Waals surface area (Å²) in [4.78, 5) is 0. The van der Waals surface area contributed by atoms with Gasteiger partial charge in [0, 0.05) is 10.2 Å². The summed E-state index contributed by atoms with van der Waals surface area (Å²) in [5.74, 6) is 0. The van der Waals surface area contributed by atoms with Crippen molar-refractivity contribution in [1.82, 2.24) is 0 Å². The Morgan fingerprint density at radius 3 is 1.63 bits per heavy atom. The van der Waals surface area contributed by atoms with Gasteiger partial charge in [0.2, 0.25) is 8.32 Å². The van der Waals surface area contributed by atoms with Gasteiger partial charge in [-0.3, -0.25) is 0 Å². The predicted molar refractivity (Wildman–Crippen MR) is 94.5 cm³/mol. The Morgan fingerprint density at radius 2 is 1.32 bits per heavy atom. The van der Waals surface area contributed by atoms with Crippen LogP contribution in [0.15, 0.2) is 0 Å². The SMILES string of the molecule is CC(C)O[Si](CI)(C1CCCCC1)C1CCCCC1. The Labute approximate surface area is 134 Å². The normalized spacial score (nSPS) is 24.0. The summed E-state index contributed by atoms with van der Waals surface area (Å²) < 4.78 is 8.13. The highest BCUT2D eigenvalue weighted by molar-refractivity contribution is 14.1. The van der Waals surface area contributed by atoms with Gasteiger partial charge in [0.05, 0.1) is 0 Å². The standard InChI is InChI=1S/C16H31IOSi/c1-14(2)18-19(13-17,15-9-5-3-6-10-15)16-11-7-4-8-12-16/h14-16H,3-13H2,1-2H3. The topological polar surface area (TPSA) is 9.23 Å². The van der Waals surface area contributed by atoms with Gasteiger partial charge in [-0.25, -0.2) is 0 Å². The van der Waals surface area contributed by atoms with Crippen molar-refractivity contribution in [1.29, 1.82) is 0 Å². The molecular weight excluding hydrogens is 363 g/mol. The Bertz CT molecular complexity index is 239. The Morgan fingerprint density at radius 1 is 0.895 bits per heavy atom. The van der Waals surface area contributed by atoms with Crippen molar-refractivity contribution in [2.75, 3.05) is 4.05 Å². The molecule has 0 radical (unpaired) electrons. The van der Waals surface area contributed by atoms with E-state index in [1.54, 1.807) is 0 Å². The molecule has 112 valence electrons. The van der Waals surface area contributed by atoms with E-state index in [9.17, 15) is 0 Å². The number of hydrogen-bond donors (Lipinski definition) is 0. The van der Waals surface area contributed by atoms with E-state index in [1.807, 2.05) is 0 Å². The molecule has 0 N–H and O–H groups in total. The molecule has 2 saturated carbocycles. The molecule has 0 saturated heterocycles. The van der Waals surface area contributed by atoms with Crippen molar-refractivity contribution in [3.05, 3.63) is 0 Å². The summed E-state index contributed by atoms with van der Waals surface area (Å²) in [6, 6.07) is 0. The molecule has 0 aliphatic heterocycles. The van der Waals surface area contributed by atoms with E-state index in [0.29, 0.717) is 6.10 Å². The molecule has 0 atom stereocenters. The first-order valence-electron chi connectivity index (χ1n) is 8.43. The second-order valence-corrected chi connectivity index (χ2v) is 13.3. The van der Waals surface area contributed by atoms with Gasteiger partial charge in [-0.1, -0.05) is 86.8 Å². The molecule has 0 aromatic rings. The van der Waals surface area contributed by atoms with E-state index in [-0.39, 0.29) is 0 Å². The van der Waals surface area contributed by atoms with Gasteiger partial charge in [0.25, 0.3) is 0 Å². The summed E-state index contributed by atoms with van der Waals surface area (Å²) in [5.41, 5.74) is 1.92. The van der Waals surface area contributed by atoms with Gasteiger partial charge in [-0.15, -0.1) is 0 Å². The van der Waals surface area contributed by atoms with Crippen molar-refractivity contribution < 1.29 is 4.43 Å². The molecule has 0 unspecified atom stereocenters. The number of hydrogen-bond acceptors (Lipinski definition) is 1. The van der Waals surface area contributed by atoms with Crippen LogP contribution in [0.2, 0.25) is 11.1 Å². The maximum absolute atomic E-state index is 6.80. The highest BCUT2D eigenvalue weighted by atomic mass is 127. The van der Waals surface area contributed by atoms with Crippen LogP contribution in [-0.2, 0) is 4.43 Å². The smallest absolute Gasteiger partial charge is 0.208 e. The lowest BCUT2D eigenvalue weighted by molar-refractivity contribution is 0.202. The van der Waals surface area contributed by atoms with Gasteiger partial charge < -0.3 is 4.43 Å². The summed E-state index contributed by atoms with van der Waals surface area (Å²) >= 11 is 2.68. The van der Waals surface area contributed by atoms with Crippen LogP contribution >= 0.6 is 22.6 Å². The molecule has 0 aromatic carbocycles. The van der Waals surface area contributed by atoms with Gasteiger partial charge >= 0.3 is 0 Å². The van der Waals surface area contributed by atoms with Crippen LogP contribution in [0.25, 0.3) is 0 Å². The van der Waals surface area contributed by atoms with E-state index >= 15 is 0 Å². The maximum atomic E-state index is 6.80. The number of alkyl halides is 1. The molecule has 0 amide bonds. The third kappa shape index (κ3) is 3.97. The van der Waals surface area contributed by atoms with Crippen LogP contribution in [0.1, 0.15) is 78.1 Å². The van der Waals surface area contributed by atoms with Crippen LogP contribution in [0.3, 0.4) is 0 Å². The number of halogens is 1. The van der Waals surface area contributed by atoms with Crippen LogP contribution in [-0.4, -0.2) is 18.5 Å². The summed E-state index contributed by atoms with van der Waals surface area (Å²) in [6.45, 7) is 4.53. The van der Waals surface area contributed by atoms with E-state index in [0.717, 1.165) is 11.1 Å². The summed E-state index contributed by atoms with van der Waals surface area (Å²) in [7, 11) is -1.54. The molecule has 0 aromatic heterocycles. The first kappa shape index (κ1) is 16.3. The zero-order valence-electron chi connectivity index (χ0n) is 12.8. The van der Waals surface area contributed by atoms with Gasteiger partial charge in [-0.2, -0.15) is 0 Å². The zero-order chi connectivity index (χ0) is 13.7. The van der Waals surface area contributed by atoms with Crippen molar-refractivity contribution in [3.63, 3.8) is 0 Å². The molecule has 2 aliphatic carbocycles. The fraction of sp³-hybridized carbons (Fsp3) is 1.00. The lowest BCUT2D eigenvalue weighted by atomic mass is 9.99. The minimum atomic E-state index is -1.54. The lowest BCUT2D eigenvalue weighted by Gasteiger charge is -2.47. The molecule has 3 heteroatoms. The zero-order valence-corrected chi connectivity index (χ0v) is 16.0. The number of rotatable bonds is 5. The van der Waals surface area contributed by atoms with Gasteiger partial charge in [-0.05, 0) is 24.9 Å². The lowest BCUT2D eigenvalue weighted by Crippen LogP contribution is -2.53. The molecule has 2 fully saturated rings. The van der Waals surface area contributed by atoms with Crippen LogP contribution in [0.4, 0.5) is 0 Å². The summed E-state index contributed by atoms with van der Waals surface area (Å²) in [5, 5.41) is 0. The third-order valence-electron chi connectivity index (χ3n) is 5.26. The Hall–Kier alpha value is 0.907. The first-order valence-corrected chi connectivity index (χ1v) is 12.2. The van der Waals surface area contributed by atoms with E-state index in [4.69, 9.17) is 4.43 Å². The molecule has 0 bridgehead atoms. The maximum Gasteiger partial charge on any atom is 0.208 e. The van der Waals surface area contributed by atoms with E-state index in [2.05, 4.69) is 36.4 Å². The fourth-order valence-electron chi connectivity index (χ4n) is 4.40. The van der Waals surface area contributed by atoms with Crippen LogP contribution in [0.5, 0.6) is 0 Å². The predicted octanol–water partition coefficient (Wildman–Crippen LogP) is 6.00. The molecule has 0 spiro atoms. The minimum Gasteiger partial charge on any atom is -0.413 e. The Kier molecular flexibility index (Phi) is 6.67. The Balaban J connectivity index is 2.17. The molecule has 2 rings (SSSR count). The van der Waals surface area contributed by atoms with Crippen molar-refractivity contribution in [3.8, 4) is 0 Å². The average molecular weight is 394 g/mol. The largest absolute Gasteiger partial charge is 0.413 e. The minimum absolute atomic E-state index is 0.435. The van der Waals surface area contributed by atoms with E-state index in [1.165, 1.54) is 68.3 Å². The third-order valence-corrected chi connectivity index (χ3v) is 14.1. The molecule has 0 heterocycles. The highest BCUT2D eigenvalue weighted by Gasteiger charge is 2.49. The monoisotopic (exact) mass is 394 g/mol. The second kappa shape index (κ2) is 7.78. The van der Waals surface area contributed by atoms with E-state index < -0.39 is 8.32 Å². The summed E-state index contributed by atoms with van der Waals surface area (Å²) in [6.07, 6.45) is 15.1. The molecule has 2 aliphatic rings. The van der Waals surface area contributed by atoms with Crippen LogP contribution in [0, 0.1) is 0 Å². The average Bonchev–Trinajstić information content (AvgIpc) is 2.46. The van der Waals surface area contributed by atoms with Crippen molar-refractivity contribution in [2.24, 2.45) is 0 Å². The first-order chi connectivity index (χ1) is 9.19.